The first kappa shape index (κ1) is 19.4. The van der Waals surface area contributed by atoms with Crippen LogP contribution in [0, 0.1) is 5.82 Å². The van der Waals surface area contributed by atoms with Crippen LogP contribution in [0.4, 0.5) is 10.2 Å². The second-order valence-electron chi connectivity index (χ2n) is 4.79. The van der Waals surface area contributed by atoms with Crippen LogP contribution in [-0.2, 0) is 4.84 Å². The molecule has 1 heterocycles. The van der Waals surface area contributed by atoms with E-state index in [0.717, 1.165) is 0 Å². The number of hydrogen-bond donors (Lipinski definition) is 2. The van der Waals surface area contributed by atoms with Crippen molar-refractivity contribution in [3.63, 3.8) is 0 Å². The molecule has 0 unspecified atom stereocenters. The van der Waals surface area contributed by atoms with Crippen molar-refractivity contribution in [1.82, 2.24) is 15.4 Å². The Hall–Kier alpha value is -2.91. The standard InChI is InChI=1S/C16H16ClFN4O4/c1-4-7-26-22-16(23)11-13(25-3)14(19)21-15(20-11)8-5-6-9(17)12(24-2)10(8)18/h4-6H,1,7H2,2-3H3,(H,22,23)(H2,19,20,21). The molecule has 0 atom stereocenters. The molecule has 0 radical (unpaired) electrons. The van der Waals surface area contributed by atoms with Crippen LogP contribution in [0.1, 0.15) is 10.5 Å². The van der Waals surface area contributed by atoms with Gasteiger partial charge in [-0.1, -0.05) is 17.7 Å². The van der Waals surface area contributed by atoms with E-state index in [-0.39, 0.29) is 46.0 Å². The van der Waals surface area contributed by atoms with Gasteiger partial charge in [0.2, 0.25) is 0 Å². The highest BCUT2D eigenvalue weighted by molar-refractivity contribution is 6.32. The number of nitrogens with zero attached hydrogens (tertiary/aromatic N) is 2. The summed E-state index contributed by atoms with van der Waals surface area (Å²) in [6.45, 7) is 3.53. The third-order valence-electron chi connectivity index (χ3n) is 3.17. The molecule has 0 saturated heterocycles. The van der Waals surface area contributed by atoms with E-state index in [1.165, 1.54) is 32.4 Å². The Labute approximate surface area is 153 Å². The van der Waals surface area contributed by atoms with E-state index in [2.05, 4.69) is 22.0 Å². The minimum absolute atomic E-state index is 0.0540. The van der Waals surface area contributed by atoms with Crippen LogP contribution < -0.4 is 20.7 Å². The molecule has 0 aliphatic heterocycles. The second kappa shape index (κ2) is 8.45. The molecule has 138 valence electrons. The number of carbonyl (C=O) groups is 1. The molecule has 1 aromatic heterocycles. The molecule has 8 nitrogen and oxygen atoms in total. The van der Waals surface area contributed by atoms with Crippen molar-refractivity contribution in [2.24, 2.45) is 0 Å². The van der Waals surface area contributed by atoms with Gasteiger partial charge in [-0.15, -0.1) is 6.58 Å². The second-order valence-corrected chi connectivity index (χ2v) is 5.19. The topological polar surface area (TPSA) is 109 Å². The van der Waals surface area contributed by atoms with Gasteiger partial charge in [-0.2, -0.15) is 0 Å². The fourth-order valence-electron chi connectivity index (χ4n) is 2.05. The number of nitrogen functional groups attached to an aromatic ring is 1. The Morgan fingerprint density at radius 2 is 2.04 bits per heavy atom. The largest absolute Gasteiger partial charge is 0.492 e. The van der Waals surface area contributed by atoms with Crippen LogP contribution >= 0.6 is 11.6 Å². The molecule has 0 bridgehead atoms. The maximum atomic E-state index is 14.6. The van der Waals surface area contributed by atoms with Crippen LogP contribution in [0.3, 0.4) is 0 Å². The number of carbonyl (C=O) groups excluding carboxylic acids is 1. The number of nitrogens with two attached hydrogens (primary N) is 1. The zero-order chi connectivity index (χ0) is 19.3. The van der Waals surface area contributed by atoms with E-state index in [1.54, 1.807) is 0 Å². The third kappa shape index (κ3) is 3.84. The molecule has 10 heteroatoms. The monoisotopic (exact) mass is 382 g/mol. The molecule has 26 heavy (non-hydrogen) atoms. The third-order valence-corrected chi connectivity index (χ3v) is 3.47. The van der Waals surface area contributed by atoms with Crippen molar-refractivity contribution < 1.29 is 23.5 Å². The minimum atomic E-state index is -0.793. The van der Waals surface area contributed by atoms with Gasteiger partial charge in [0.1, 0.15) is 0 Å². The van der Waals surface area contributed by atoms with Gasteiger partial charge in [0.25, 0.3) is 5.91 Å². The van der Waals surface area contributed by atoms with Gasteiger partial charge >= 0.3 is 0 Å². The summed E-state index contributed by atoms with van der Waals surface area (Å²) >= 11 is 5.88. The Morgan fingerprint density at radius 3 is 2.65 bits per heavy atom. The summed E-state index contributed by atoms with van der Waals surface area (Å²) in [5, 5.41) is 0.0750. The van der Waals surface area contributed by atoms with Gasteiger partial charge in [-0.3, -0.25) is 9.63 Å². The summed E-state index contributed by atoms with van der Waals surface area (Å²) in [6, 6.07) is 2.76. The number of amides is 1. The minimum Gasteiger partial charge on any atom is -0.492 e. The molecule has 0 fully saturated rings. The summed E-state index contributed by atoms with van der Waals surface area (Å²) in [6.07, 6.45) is 1.44. The molecule has 1 amide bonds. The highest BCUT2D eigenvalue weighted by atomic mass is 35.5. The number of hydroxylamine groups is 1. The first-order valence-electron chi connectivity index (χ1n) is 7.21. The fourth-order valence-corrected chi connectivity index (χ4v) is 2.27. The van der Waals surface area contributed by atoms with E-state index in [0.29, 0.717) is 0 Å². The van der Waals surface area contributed by atoms with Crippen molar-refractivity contribution in [3.05, 3.63) is 41.3 Å². The van der Waals surface area contributed by atoms with Gasteiger partial charge in [0.15, 0.2) is 34.7 Å². The lowest BCUT2D eigenvalue weighted by Crippen LogP contribution is -2.26. The first-order chi connectivity index (χ1) is 12.4. The van der Waals surface area contributed by atoms with Crippen LogP contribution in [0.25, 0.3) is 11.4 Å². The predicted octanol–water partition coefficient (Wildman–Crippen LogP) is 2.38. The number of nitrogens with one attached hydrogen (secondary N) is 1. The van der Waals surface area contributed by atoms with Gasteiger partial charge in [-0.25, -0.2) is 19.8 Å². The summed E-state index contributed by atoms with van der Waals surface area (Å²) in [7, 11) is 2.56. The Bertz CT molecular complexity index is 847. The molecule has 1 aromatic carbocycles. The van der Waals surface area contributed by atoms with E-state index in [9.17, 15) is 9.18 Å². The average molecular weight is 383 g/mol. The molecule has 0 spiro atoms. The molecule has 3 N–H and O–H groups in total. The molecule has 2 rings (SSSR count). The Balaban J connectivity index is 2.55. The first-order valence-corrected chi connectivity index (χ1v) is 7.59. The van der Waals surface area contributed by atoms with Gasteiger partial charge in [0, 0.05) is 0 Å². The normalized spacial score (nSPS) is 10.3. The van der Waals surface area contributed by atoms with E-state index < -0.39 is 11.7 Å². The number of anilines is 1. The van der Waals surface area contributed by atoms with Crippen LogP contribution in [0.5, 0.6) is 11.5 Å². The van der Waals surface area contributed by atoms with Crippen molar-refractivity contribution in [2.75, 3.05) is 26.6 Å². The number of hydrogen-bond acceptors (Lipinski definition) is 7. The van der Waals surface area contributed by atoms with Gasteiger partial charge < -0.3 is 15.2 Å². The zero-order valence-electron chi connectivity index (χ0n) is 14.0. The van der Waals surface area contributed by atoms with Gasteiger partial charge in [0.05, 0.1) is 31.4 Å². The number of benzene rings is 1. The number of methoxy groups -OCH3 is 2. The summed E-state index contributed by atoms with van der Waals surface area (Å²) in [5.74, 6) is -2.10. The lowest BCUT2D eigenvalue weighted by atomic mass is 10.1. The van der Waals surface area contributed by atoms with E-state index >= 15 is 0 Å². The molecule has 0 aliphatic rings. The zero-order valence-corrected chi connectivity index (χ0v) is 14.8. The quantitative estimate of drug-likeness (QED) is 0.430. The molecule has 0 aliphatic carbocycles. The summed E-state index contributed by atoms with van der Waals surface area (Å²) < 4.78 is 24.6. The Kier molecular flexibility index (Phi) is 6.31. The predicted molar refractivity (Wildman–Crippen MR) is 93.6 cm³/mol. The highest BCUT2D eigenvalue weighted by Gasteiger charge is 2.23. The van der Waals surface area contributed by atoms with Crippen LogP contribution in [-0.4, -0.2) is 36.7 Å². The average Bonchev–Trinajstić information content (AvgIpc) is 2.61. The highest BCUT2D eigenvalue weighted by Crippen LogP contribution is 2.35. The van der Waals surface area contributed by atoms with Crippen molar-refractivity contribution in [1.29, 1.82) is 0 Å². The maximum absolute atomic E-state index is 14.6. The van der Waals surface area contributed by atoms with Crippen molar-refractivity contribution >= 4 is 23.3 Å². The smallest absolute Gasteiger partial charge is 0.297 e. The number of rotatable bonds is 7. The molecule has 0 saturated carbocycles. The molecular formula is C16H16ClFN4O4. The lowest BCUT2D eigenvalue weighted by Gasteiger charge is -2.13. The maximum Gasteiger partial charge on any atom is 0.297 e. The SMILES string of the molecule is C=CCONC(=O)c1nc(-c2ccc(Cl)c(OC)c2F)nc(N)c1OC. The Morgan fingerprint density at radius 1 is 1.35 bits per heavy atom. The number of aromatic nitrogens is 2. The van der Waals surface area contributed by atoms with Crippen LogP contribution in [0.2, 0.25) is 5.02 Å². The summed E-state index contributed by atoms with van der Waals surface area (Å²) in [4.78, 5) is 25.2. The molecular weight excluding hydrogens is 367 g/mol. The number of halogens is 2. The van der Waals surface area contributed by atoms with E-state index in [4.69, 9.17) is 31.6 Å². The summed E-state index contributed by atoms with van der Waals surface area (Å²) in [5.41, 5.74) is 7.69. The number of ether oxygens (including phenoxy) is 2. The van der Waals surface area contributed by atoms with Crippen LogP contribution in [0.15, 0.2) is 24.8 Å². The van der Waals surface area contributed by atoms with Crippen molar-refractivity contribution in [2.45, 2.75) is 0 Å². The van der Waals surface area contributed by atoms with E-state index in [1.807, 2.05) is 0 Å². The lowest BCUT2D eigenvalue weighted by molar-refractivity contribution is 0.0414. The van der Waals surface area contributed by atoms with Crippen molar-refractivity contribution in [3.8, 4) is 22.9 Å². The molecule has 2 aromatic rings. The fraction of sp³-hybridized carbons (Fsp3) is 0.188. The van der Waals surface area contributed by atoms with Gasteiger partial charge in [-0.05, 0) is 12.1 Å².